The molecule has 0 unspecified atom stereocenters. The summed E-state index contributed by atoms with van der Waals surface area (Å²) in [7, 11) is 0. The molecular formula is C12H9ClOS. The summed E-state index contributed by atoms with van der Waals surface area (Å²) in [4.78, 5) is 12.7. The van der Waals surface area contributed by atoms with E-state index < -0.39 is 0 Å². The highest BCUT2D eigenvalue weighted by Crippen LogP contribution is 2.24. The Hall–Kier alpha value is -1.12. The van der Waals surface area contributed by atoms with Crippen LogP contribution in [0.3, 0.4) is 0 Å². The van der Waals surface area contributed by atoms with E-state index in [1.165, 1.54) is 11.3 Å². The highest BCUT2D eigenvalue weighted by Gasteiger charge is 2.14. The summed E-state index contributed by atoms with van der Waals surface area (Å²) in [5, 5.41) is 2.44. The van der Waals surface area contributed by atoms with Crippen molar-refractivity contribution in [3.63, 3.8) is 0 Å². The third-order valence-electron chi connectivity index (χ3n) is 2.18. The Bertz CT molecular complexity index is 488. The number of benzene rings is 1. The topological polar surface area (TPSA) is 17.1 Å². The maximum absolute atomic E-state index is 12.0. The van der Waals surface area contributed by atoms with E-state index >= 15 is 0 Å². The van der Waals surface area contributed by atoms with Gasteiger partial charge in [0.05, 0.1) is 9.90 Å². The van der Waals surface area contributed by atoms with E-state index in [-0.39, 0.29) is 5.78 Å². The molecule has 0 spiro atoms. The number of hydrogen-bond donors (Lipinski definition) is 0. The molecule has 0 bridgehead atoms. The minimum Gasteiger partial charge on any atom is -0.288 e. The van der Waals surface area contributed by atoms with Gasteiger partial charge in [-0.05, 0) is 30.0 Å². The van der Waals surface area contributed by atoms with Crippen molar-refractivity contribution < 1.29 is 4.79 Å². The van der Waals surface area contributed by atoms with Gasteiger partial charge in [-0.3, -0.25) is 4.79 Å². The zero-order valence-corrected chi connectivity index (χ0v) is 9.73. The summed E-state index contributed by atoms with van der Waals surface area (Å²) >= 11 is 7.52. The lowest BCUT2D eigenvalue weighted by Crippen LogP contribution is -2.00. The first-order chi connectivity index (χ1) is 7.20. The first-order valence-electron chi connectivity index (χ1n) is 4.53. The first kappa shape index (κ1) is 10.4. The fraction of sp³-hybridized carbons (Fsp3) is 0.0833. The van der Waals surface area contributed by atoms with Crippen molar-refractivity contribution in [2.45, 2.75) is 6.92 Å². The van der Waals surface area contributed by atoms with Crippen LogP contribution < -0.4 is 0 Å². The van der Waals surface area contributed by atoms with Crippen molar-refractivity contribution in [1.82, 2.24) is 0 Å². The predicted molar refractivity (Wildman–Crippen MR) is 63.9 cm³/mol. The summed E-state index contributed by atoms with van der Waals surface area (Å²) < 4.78 is 0. The molecule has 0 amide bonds. The number of rotatable bonds is 2. The Balaban J connectivity index is 2.47. The number of ketones is 1. The Morgan fingerprint density at radius 1 is 1.27 bits per heavy atom. The van der Waals surface area contributed by atoms with Gasteiger partial charge >= 0.3 is 0 Å². The Labute approximate surface area is 97.3 Å². The molecule has 1 heterocycles. The molecular weight excluding hydrogens is 228 g/mol. The van der Waals surface area contributed by atoms with Crippen molar-refractivity contribution >= 4 is 28.7 Å². The van der Waals surface area contributed by atoms with Gasteiger partial charge in [0.1, 0.15) is 0 Å². The highest BCUT2D eigenvalue weighted by atomic mass is 35.5. The van der Waals surface area contributed by atoms with Crippen LogP contribution in [0.25, 0.3) is 0 Å². The van der Waals surface area contributed by atoms with Crippen LogP contribution >= 0.6 is 22.9 Å². The summed E-state index contributed by atoms with van der Waals surface area (Å²) in [6.07, 6.45) is 0. The zero-order valence-electron chi connectivity index (χ0n) is 8.16. The molecule has 0 saturated heterocycles. The van der Waals surface area contributed by atoms with Crippen LogP contribution in [-0.2, 0) is 0 Å². The van der Waals surface area contributed by atoms with Crippen LogP contribution in [0.5, 0.6) is 0 Å². The molecule has 1 aromatic carbocycles. The molecule has 0 N–H and O–H groups in total. The van der Waals surface area contributed by atoms with Gasteiger partial charge in [-0.25, -0.2) is 0 Å². The summed E-state index contributed by atoms with van der Waals surface area (Å²) in [5.41, 5.74) is 1.51. The fourth-order valence-electron chi connectivity index (χ4n) is 1.36. The van der Waals surface area contributed by atoms with E-state index in [1.807, 2.05) is 36.6 Å². The summed E-state index contributed by atoms with van der Waals surface area (Å²) in [6.45, 7) is 1.90. The summed E-state index contributed by atoms with van der Waals surface area (Å²) in [6, 6.07) is 9.18. The lowest BCUT2D eigenvalue weighted by molar-refractivity contribution is 0.104. The molecule has 1 nitrogen and oxygen atoms in total. The van der Waals surface area contributed by atoms with Gasteiger partial charge in [0.25, 0.3) is 0 Å². The van der Waals surface area contributed by atoms with Gasteiger partial charge in [-0.2, -0.15) is 0 Å². The molecule has 0 fully saturated rings. The molecule has 0 radical (unpaired) electrons. The van der Waals surface area contributed by atoms with E-state index in [0.29, 0.717) is 10.6 Å². The molecule has 2 aromatic rings. The van der Waals surface area contributed by atoms with E-state index in [2.05, 4.69) is 0 Å². The molecule has 0 aliphatic rings. The second-order valence-corrected chi connectivity index (χ2v) is 4.57. The normalized spacial score (nSPS) is 10.3. The minimum atomic E-state index is -0.00120. The SMILES string of the molecule is Cc1cccc(C(=O)c2cccs2)c1Cl. The van der Waals surface area contributed by atoms with E-state index in [1.54, 1.807) is 6.07 Å². The predicted octanol–water partition coefficient (Wildman–Crippen LogP) is 3.94. The Morgan fingerprint density at radius 3 is 2.73 bits per heavy atom. The monoisotopic (exact) mass is 236 g/mol. The fourth-order valence-corrected chi connectivity index (χ4v) is 2.25. The molecule has 0 aliphatic carbocycles. The average molecular weight is 237 g/mol. The first-order valence-corrected chi connectivity index (χ1v) is 5.79. The van der Waals surface area contributed by atoms with Crippen LogP contribution in [0.2, 0.25) is 5.02 Å². The molecule has 0 aliphatic heterocycles. The quantitative estimate of drug-likeness (QED) is 0.722. The lowest BCUT2D eigenvalue weighted by Gasteiger charge is -2.03. The number of thiophene rings is 1. The van der Waals surface area contributed by atoms with Gasteiger partial charge in [-0.1, -0.05) is 29.8 Å². The summed E-state index contributed by atoms with van der Waals surface area (Å²) in [5.74, 6) is -0.00120. The lowest BCUT2D eigenvalue weighted by atomic mass is 10.1. The van der Waals surface area contributed by atoms with Gasteiger partial charge < -0.3 is 0 Å². The van der Waals surface area contributed by atoms with Gasteiger partial charge in [0.15, 0.2) is 0 Å². The van der Waals surface area contributed by atoms with Crippen LogP contribution in [0.1, 0.15) is 20.8 Å². The Kier molecular flexibility index (Phi) is 2.89. The Morgan fingerprint density at radius 2 is 2.07 bits per heavy atom. The van der Waals surface area contributed by atoms with Gasteiger partial charge in [0.2, 0.25) is 5.78 Å². The van der Waals surface area contributed by atoms with Crippen molar-refractivity contribution in [3.8, 4) is 0 Å². The molecule has 0 saturated carbocycles. The smallest absolute Gasteiger partial charge is 0.204 e. The van der Waals surface area contributed by atoms with Gasteiger partial charge in [-0.15, -0.1) is 11.3 Å². The number of carbonyl (C=O) groups is 1. The van der Waals surface area contributed by atoms with Crippen LogP contribution in [0.4, 0.5) is 0 Å². The van der Waals surface area contributed by atoms with E-state index in [4.69, 9.17) is 11.6 Å². The number of hydrogen-bond acceptors (Lipinski definition) is 2. The maximum Gasteiger partial charge on any atom is 0.204 e. The third-order valence-corrected chi connectivity index (χ3v) is 3.55. The van der Waals surface area contributed by atoms with E-state index in [9.17, 15) is 4.79 Å². The van der Waals surface area contributed by atoms with Crippen LogP contribution in [0.15, 0.2) is 35.7 Å². The van der Waals surface area contributed by atoms with E-state index in [0.717, 1.165) is 10.4 Å². The molecule has 1 aromatic heterocycles. The molecule has 0 atom stereocenters. The number of halogens is 1. The van der Waals surface area contributed by atoms with Crippen LogP contribution in [-0.4, -0.2) is 5.78 Å². The minimum absolute atomic E-state index is 0.00120. The molecule has 2 rings (SSSR count). The second kappa shape index (κ2) is 4.17. The van der Waals surface area contributed by atoms with Crippen molar-refractivity contribution in [2.24, 2.45) is 0 Å². The number of aryl methyl sites for hydroxylation is 1. The van der Waals surface area contributed by atoms with Crippen molar-refractivity contribution in [3.05, 3.63) is 56.7 Å². The van der Waals surface area contributed by atoms with Crippen molar-refractivity contribution in [1.29, 1.82) is 0 Å². The van der Waals surface area contributed by atoms with Crippen molar-refractivity contribution in [2.75, 3.05) is 0 Å². The zero-order chi connectivity index (χ0) is 10.8. The standard InChI is InChI=1S/C12H9ClOS/c1-8-4-2-5-9(11(8)13)12(14)10-6-3-7-15-10/h2-7H,1H3. The highest BCUT2D eigenvalue weighted by molar-refractivity contribution is 7.12. The van der Waals surface area contributed by atoms with Gasteiger partial charge in [0, 0.05) is 5.56 Å². The maximum atomic E-state index is 12.0. The average Bonchev–Trinajstić information content (AvgIpc) is 2.74. The second-order valence-electron chi connectivity index (χ2n) is 3.24. The molecule has 15 heavy (non-hydrogen) atoms. The molecule has 3 heteroatoms. The largest absolute Gasteiger partial charge is 0.288 e. The third kappa shape index (κ3) is 1.96. The van der Waals surface area contributed by atoms with Crippen LogP contribution in [0, 0.1) is 6.92 Å². The number of carbonyl (C=O) groups excluding carboxylic acids is 1. The molecule has 76 valence electrons.